The summed E-state index contributed by atoms with van der Waals surface area (Å²) in [5.74, 6) is 0.503. The van der Waals surface area contributed by atoms with Crippen LogP contribution in [0.3, 0.4) is 0 Å². The highest BCUT2D eigenvalue weighted by Gasteiger charge is 2.33. The topological polar surface area (TPSA) is 106 Å². The average molecular weight is 402 g/mol. The number of ether oxygens (including phenoxy) is 1. The lowest BCUT2D eigenvalue weighted by Crippen LogP contribution is -2.60. The first-order valence-electron chi connectivity index (χ1n) is 9.62. The second-order valence-electron chi connectivity index (χ2n) is 7.57. The van der Waals surface area contributed by atoms with Gasteiger partial charge in [-0.1, -0.05) is 0 Å². The van der Waals surface area contributed by atoms with Crippen molar-refractivity contribution in [1.82, 2.24) is 14.5 Å². The molecule has 29 heavy (non-hydrogen) atoms. The van der Waals surface area contributed by atoms with Crippen molar-refractivity contribution in [1.29, 1.82) is 0 Å². The van der Waals surface area contributed by atoms with E-state index in [0.29, 0.717) is 17.9 Å². The normalized spacial score (nSPS) is 20.4. The zero-order valence-corrected chi connectivity index (χ0v) is 16.5. The van der Waals surface area contributed by atoms with E-state index in [4.69, 9.17) is 4.74 Å². The maximum atomic E-state index is 12.3. The van der Waals surface area contributed by atoms with Crippen LogP contribution in [0.15, 0.2) is 35.4 Å². The maximum Gasteiger partial charge on any atom is 0.274 e. The molecule has 2 aromatic rings. The van der Waals surface area contributed by atoms with Gasteiger partial charge in [-0.15, -0.1) is 5.23 Å². The van der Waals surface area contributed by atoms with Crippen LogP contribution >= 0.6 is 0 Å². The Morgan fingerprint density at radius 3 is 2.66 bits per heavy atom. The van der Waals surface area contributed by atoms with Crippen molar-refractivity contribution in [2.75, 3.05) is 48.3 Å². The van der Waals surface area contributed by atoms with E-state index in [9.17, 15) is 15.2 Å². The van der Waals surface area contributed by atoms with Crippen molar-refractivity contribution < 1.29 is 15.2 Å². The summed E-state index contributed by atoms with van der Waals surface area (Å²) in [5.41, 5.74) is 0.995. The van der Waals surface area contributed by atoms with E-state index >= 15 is 0 Å². The highest BCUT2D eigenvalue weighted by atomic mass is 16.8. The number of nitrogens with zero attached hydrogens (tertiary/aromatic N) is 5. The van der Waals surface area contributed by atoms with Gasteiger partial charge in [0.25, 0.3) is 5.56 Å². The zero-order chi connectivity index (χ0) is 20.5. The second kappa shape index (κ2) is 7.99. The van der Waals surface area contributed by atoms with Crippen molar-refractivity contribution >= 4 is 22.9 Å². The second-order valence-corrected chi connectivity index (χ2v) is 7.57. The minimum Gasteiger partial charge on any atom is -0.378 e. The Kier molecular flexibility index (Phi) is 5.41. The highest BCUT2D eigenvalue weighted by molar-refractivity contribution is 5.62. The van der Waals surface area contributed by atoms with Gasteiger partial charge in [-0.3, -0.25) is 20.1 Å². The fourth-order valence-corrected chi connectivity index (χ4v) is 3.84. The fraction of sp³-hybridized carbons (Fsp3) is 0.474. The van der Waals surface area contributed by atoms with Crippen LogP contribution in [0.4, 0.5) is 22.9 Å². The number of aromatic nitrogens is 2. The van der Waals surface area contributed by atoms with E-state index in [1.165, 1.54) is 23.9 Å². The predicted octanol–water partition coefficient (Wildman–Crippen LogP) is 1.02. The number of pyridine rings is 2. The third-order valence-electron chi connectivity index (χ3n) is 5.54. The quantitative estimate of drug-likeness (QED) is 0.632. The molecule has 2 saturated heterocycles. The SMILES string of the molecule is C[C@@H]1CN(c2ccc(Nc3cc(N(O)O)cn(C)c3=O)nc2)CCN1C1COC1. The molecule has 10 heteroatoms. The molecule has 2 fully saturated rings. The number of anilines is 4. The molecule has 0 spiro atoms. The Morgan fingerprint density at radius 1 is 1.28 bits per heavy atom. The van der Waals surface area contributed by atoms with Gasteiger partial charge >= 0.3 is 0 Å². The summed E-state index contributed by atoms with van der Waals surface area (Å²) < 4.78 is 6.58. The molecular formula is C19H26N6O4. The first kappa shape index (κ1) is 19.6. The van der Waals surface area contributed by atoms with Crippen LogP contribution in [-0.4, -0.2) is 69.8 Å². The van der Waals surface area contributed by atoms with Crippen LogP contribution in [0, 0.1) is 0 Å². The van der Waals surface area contributed by atoms with Crippen LogP contribution in [0.25, 0.3) is 0 Å². The molecule has 0 bridgehead atoms. The fourth-order valence-electron chi connectivity index (χ4n) is 3.84. The lowest BCUT2D eigenvalue weighted by Gasteiger charge is -2.47. The third kappa shape index (κ3) is 4.06. The van der Waals surface area contributed by atoms with E-state index in [1.54, 1.807) is 6.20 Å². The van der Waals surface area contributed by atoms with Crippen LogP contribution in [0.5, 0.6) is 0 Å². The van der Waals surface area contributed by atoms with Crippen molar-refractivity contribution in [3.8, 4) is 0 Å². The first-order valence-corrected chi connectivity index (χ1v) is 9.62. The summed E-state index contributed by atoms with van der Waals surface area (Å²) in [6.45, 7) is 6.75. The van der Waals surface area contributed by atoms with Crippen molar-refractivity contribution in [3.05, 3.63) is 40.9 Å². The van der Waals surface area contributed by atoms with E-state index in [2.05, 4.69) is 27.0 Å². The van der Waals surface area contributed by atoms with Crippen molar-refractivity contribution in [3.63, 3.8) is 0 Å². The zero-order valence-electron chi connectivity index (χ0n) is 16.5. The molecule has 0 unspecified atom stereocenters. The van der Waals surface area contributed by atoms with Gasteiger partial charge in [0.2, 0.25) is 0 Å². The summed E-state index contributed by atoms with van der Waals surface area (Å²) in [4.78, 5) is 21.5. The van der Waals surface area contributed by atoms with E-state index in [-0.39, 0.29) is 22.2 Å². The van der Waals surface area contributed by atoms with Crippen molar-refractivity contribution in [2.24, 2.45) is 7.05 Å². The number of hydrogen-bond donors (Lipinski definition) is 3. The molecule has 0 radical (unpaired) electrons. The van der Waals surface area contributed by atoms with Crippen LogP contribution in [0.2, 0.25) is 0 Å². The number of hydrogen-bond acceptors (Lipinski definition) is 9. The van der Waals surface area contributed by atoms with Crippen molar-refractivity contribution in [2.45, 2.75) is 19.0 Å². The monoisotopic (exact) mass is 402 g/mol. The van der Waals surface area contributed by atoms with Gasteiger partial charge in [0.1, 0.15) is 17.2 Å². The van der Waals surface area contributed by atoms with Gasteiger partial charge in [-0.2, -0.15) is 0 Å². The number of nitrogens with one attached hydrogen (secondary N) is 1. The Morgan fingerprint density at radius 2 is 2.07 bits per heavy atom. The number of piperazine rings is 1. The average Bonchev–Trinajstić information content (AvgIpc) is 2.66. The standard InChI is InChI=1S/C19H26N6O4/c1-13-9-23(5-6-24(13)16-11-29-12-16)14-3-4-18(20-8-14)21-17-7-15(25(27)28)10-22(2)19(17)26/h3-4,7-8,10,13,16,27-28H,5-6,9,11-12H2,1-2H3,(H,20,21)/t13-/m1/s1. The molecule has 4 rings (SSSR count). The Balaban J connectivity index is 1.44. The first-order chi connectivity index (χ1) is 13.9. The molecule has 0 amide bonds. The molecule has 4 heterocycles. The maximum absolute atomic E-state index is 12.3. The van der Waals surface area contributed by atoms with Gasteiger partial charge in [0, 0.05) is 38.9 Å². The van der Waals surface area contributed by atoms with E-state index in [0.717, 1.165) is 38.5 Å². The molecule has 156 valence electrons. The Hall–Kier alpha value is -2.66. The molecule has 2 aliphatic heterocycles. The molecule has 0 aliphatic carbocycles. The van der Waals surface area contributed by atoms with Gasteiger partial charge in [-0.05, 0) is 25.1 Å². The lowest BCUT2D eigenvalue weighted by molar-refractivity contribution is -0.0792. The minimum atomic E-state index is -0.300. The largest absolute Gasteiger partial charge is 0.378 e. The molecule has 3 N–H and O–H groups in total. The predicted molar refractivity (Wildman–Crippen MR) is 108 cm³/mol. The Bertz CT molecular complexity index is 912. The summed E-state index contributed by atoms with van der Waals surface area (Å²) in [6, 6.07) is 6.13. The van der Waals surface area contributed by atoms with Crippen LogP contribution < -0.4 is 21.0 Å². The van der Waals surface area contributed by atoms with E-state index in [1.807, 2.05) is 12.1 Å². The molecule has 2 aromatic heterocycles. The lowest BCUT2D eigenvalue weighted by atomic mass is 10.1. The smallest absolute Gasteiger partial charge is 0.274 e. The van der Waals surface area contributed by atoms with Gasteiger partial charge < -0.3 is 19.5 Å². The number of aryl methyl sites for hydroxylation is 1. The molecule has 0 saturated carbocycles. The summed E-state index contributed by atoms with van der Waals surface area (Å²) in [5, 5.41) is 21.4. The van der Waals surface area contributed by atoms with Gasteiger partial charge in [-0.25, -0.2) is 4.98 Å². The van der Waals surface area contributed by atoms with Crippen LogP contribution in [-0.2, 0) is 11.8 Å². The molecule has 2 aliphatic rings. The Labute approximate surface area is 168 Å². The summed E-state index contributed by atoms with van der Waals surface area (Å²) in [6.07, 6.45) is 3.11. The number of rotatable bonds is 5. The van der Waals surface area contributed by atoms with Gasteiger partial charge in [0.05, 0.1) is 31.1 Å². The summed E-state index contributed by atoms with van der Waals surface area (Å²) >= 11 is 0. The molecule has 0 aromatic carbocycles. The van der Waals surface area contributed by atoms with Crippen LogP contribution in [0.1, 0.15) is 6.92 Å². The van der Waals surface area contributed by atoms with Gasteiger partial charge in [0.15, 0.2) is 0 Å². The highest BCUT2D eigenvalue weighted by Crippen LogP contribution is 2.24. The minimum absolute atomic E-state index is 0.0301. The molecule has 1 atom stereocenters. The summed E-state index contributed by atoms with van der Waals surface area (Å²) in [7, 11) is 1.54. The van der Waals surface area contributed by atoms with E-state index < -0.39 is 0 Å². The molecule has 10 nitrogen and oxygen atoms in total. The third-order valence-corrected chi connectivity index (χ3v) is 5.54. The molecular weight excluding hydrogens is 376 g/mol.